The number of nitriles is 1. The fraction of sp³-hybridized carbons (Fsp3) is 0.552. The van der Waals surface area contributed by atoms with Gasteiger partial charge in [-0.1, -0.05) is 88.9 Å². The number of benzene rings is 2. The summed E-state index contributed by atoms with van der Waals surface area (Å²) in [6, 6.07) is 19.3. The van der Waals surface area contributed by atoms with Gasteiger partial charge in [0.15, 0.2) is 0 Å². The van der Waals surface area contributed by atoms with E-state index < -0.39 is 6.10 Å². The van der Waals surface area contributed by atoms with Crippen molar-refractivity contribution in [3.63, 3.8) is 0 Å². The summed E-state index contributed by atoms with van der Waals surface area (Å²) in [5, 5.41) is 19.8. The van der Waals surface area contributed by atoms with Crippen molar-refractivity contribution in [1.29, 1.82) is 5.26 Å². The molecule has 0 spiro atoms. The number of aliphatic hydroxyl groups is 1. The lowest BCUT2D eigenvalue weighted by Crippen LogP contribution is -2.25. The first-order chi connectivity index (χ1) is 15.4. The molecule has 0 unspecified atom stereocenters. The molecular weight excluding hydrogens is 394 g/mol. The molecule has 0 radical (unpaired) electrons. The quantitative estimate of drug-likeness (QED) is 0.400. The Morgan fingerprint density at radius 1 is 1.03 bits per heavy atom. The third kappa shape index (κ3) is 6.59. The maximum atomic E-state index is 10.4. The van der Waals surface area contributed by atoms with Crippen LogP contribution in [-0.4, -0.2) is 11.2 Å². The summed E-state index contributed by atoms with van der Waals surface area (Å²) in [6.07, 6.45) is 7.86. The molecular formula is C29H39NO2. The van der Waals surface area contributed by atoms with Crippen molar-refractivity contribution in [3.05, 3.63) is 65.2 Å². The van der Waals surface area contributed by atoms with Crippen LogP contribution in [0.4, 0.5) is 0 Å². The second-order valence-corrected chi connectivity index (χ2v) is 10.1. The molecule has 1 fully saturated rings. The Morgan fingerprint density at radius 2 is 1.81 bits per heavy atom. The highest BCUT2D eigenvalue weighted by atomic mass is 16.5. The molecule has 2 aromatic carbocycles. The summed E-state index contributed by atoms with van der Waals surface area (Å²) in [6.45, 7) is 7.42. The van der Waals surface area contributed by atoms with E-state index in [9.17, 15) is 10.4 Å². The van der Waals surface area contributed by atoms with Gasteiger partial charge in [-0.25, -0.2) is 0 Å². The maximum absolute atomic E-state index is 10.4. The van der Waals surface area contributed by atoms with Gasteiger partial charge in [-0.3, -0.25) is 0 Å². The first-order valence-corrected chi connectivity index (χ1v) is 12.3. The molecule has 0 heterocycles. The Balaban J connectivity index is 1.85. The van der Waals surface area contributed by atoms with Crippen LogP contribution in [0.25, 0.3) is 0 Å². The summed E-state index contributed by atoms with van der Waals surface area (Å²) in [5.41, 5.74) is 3.65. The summed E-state index contributed by atoms with van der Waals surface area (Å²) in [4.78, 5) is 0. The number of hydrogen-bond donors (Lipinski definition) is 1. The monoisotopic (exact) mass is 433 g/mol. The Bertz CT molecular complexity index is 884. The SMILES string of the molecule is CCCCCCC(C)(C)c1ccc([C@@H]2C[C@H](O)C[C@H](C#N)C2)c(OCc2ccccc2)c1. The van der Waals surface area contributed by atoms with Crippen molar-refractivity contribution >= 4 is 0 Å². The van der Waals surface area contributed by atoms with E-state index in [2.05, 4.69) is 57.2 Å². The predicted octanol–water partition coefficient (Wildman–Crippen LogP) is 7.28. The first-order valence-electron chi connectivity index (χ1n) is 12.3. The highest BCUT2D eigenvalue weighted by molar-refractivity contribution is 5.43. The standard InChI is InChI=1S/C29H39NO2/c1-4-5-6-10-15-29(2,3)25-13-14-27(24-16-23(20-30)17-26(31)18-24)28(19-25)32-21-22-11-8-7-9-12-22/h7-9,11-14,19,23-24,26,31H,4-6,10,15-18,21H2,1-3H3/t23-,24+,26-/m1/s1. The van der Waals surface area contributed by atoms with E-state index in [0.29, 0.717) is 19.4 Å². The van der Waals surface area contributed by atoms with E-state index in [1.165, 1.54) is 31.2 Å². The Morgan fingerprint density at radius 3 is 2.53 bits per heavy atom. The fourth-order valence-electron chi connectivity index (χ4n) is 4.94. The van der Waals surface area contributed by atoms with Crippen molar-refractivity contribution in [2.75, 3.05) is 0 Å². The number of unbranched alkanes of at least 4 members (excludes halogenated alkanes) is 3. The van der Waals surface area contributed by atoms with E-state index >= 15 is 0 Å². The van der Waals surface area contributed by atoms with Gasteiger partial charge in [-0.15, -0.1) is 0 Å². The Hall–Kier alpha value is -2.31. The molecule has 0 bridgehead atoms. The molecule has 1 aliphatic rings. The van der Waals surface area contributed by atoms with Crippen LogP contribution in [0.5, 0.6) is 5.75 Å². The molecule has 3 nitrogen and oxygen atoms in total. The number of hydrogen-bond acceptors (Lipinski definition) is 3. The number of ether oxygens (including phenoxy) is 1. The van der Waals surface area contributed by atoms with Gasteiger partial charge >= 0.3 is 0 Å². The van der Waals surface area contributed by atoms with Crippen LogP contribution >= 0.6 is 0 Å². The summed E-state index contributed by atoms with van der Waals surface area (Å²) >= 11 is 0. The highest BCUT2D eigenvalue weighted by Crippen LogP contribution is 2.42. The second-order valence-electron chi connectivity index (χ2n) is 10.1. The van der Waals surface area contributed by atoms with Gasteiger partial charge in [0.1, 0.15) is 12.4 Å². The molecule has 3 heteroatoms. The van der Waals surface area contributed by atoms with Crippen LogP contribution in [0, 0.1) is 17.2 Å². The van der Waals surface area contributed by atoms with Crippen molar-refractivity contribution in [2.24, 2.45) is 5.92 Å². The average molecular weight is 434 g/mol. The van der Waals surface area contributed by atoms with Gasteiger partial charge < -0.3 is 9.84 Å². The van der Waals surface area contributed by atoms with E-state index in [0.717, 1.165) is 29.7 Å². The topological polar surface area (TPSA) is 53.2 Å². The van der Waals surface area contributed by atoms with Gasteiger partial charge in [0, 0.05) is 5.92 Å². The summed E-state index contributed by atoms with van der Waals surface area (Å²) in [5.74, 6) is 0.958. The van der Waals surface area contributed by atoms with Crippen LogP contribution in [0.1, 0.15) is 94.7 Å². The lowest BCUT2D eigenvalue weighted by Gasteiger charge is -2.32. The van der Waals surface area contributed by atoms with Gasteiger partial charge in [0.25, 0.3) is 0 Å². The van der Waals surface area contributed by atoms with Crippen molar-refractivity contribution in [1.82, 2.24) is 0 Å². The number of rotatable bonds is 10. The third-order valence-electron chi connectivity index (χ3n) is 6.99. The molecule has 0 saturated heterocycles. The molecule has 1 saturated carbocycles. The van der Waals surface area contributed by atoms with Crippen LogP contribution in [-0.2, 0) is 12.0 Å². The molecule has 1 aliphatic carbocycles. The predicted molar refractivity (Wildman–Crippen MR) is 131 cm³/mol. The minimum Gasteiger partial charge on any atom is -0.489 e. The number of nitrogens with zero attached hydrogens (tertiary/aromatic N) is 1. The van der Waals surface area contributed by atoms with Gasteiger partial charge in [0.05, 0.1) is 12.2 Å². The minimum absolute atomic E-state index is 0.0817. The second kappa shape index (κ2) is 11.5. The van der Waals surface area contributed by atoms with Crippen LogP contribution in [0.3, 0.4) is 0 Å². The zero-order valence-corrected chi connectivity index (χ0v) is 20.0. The molecule has 0 aliphatic heterocycles. The molecule has 172 valence electrons. The average Bonchev–Trinajstić information content (AvgIpc) is 2.80. The number of aliphatic hydroxyl groups excluding tert-OH is 1. The minimum atomic E-state index is -0.421. The third-order valence-corrected chi connectivity index (χ3v) is 6.99. The molecule has 2 aromatic rings. The fourth-order valence-corrected chi connectivity index (χ4v) is 4.94. The van der Waals surface area contributed by atoms with E-state index in [1.807, 2.05) is 18.2 Å². The molecule has 32 heavy (non-hydrogen) atoms. The summed E-state index contributed by atoms with van der Waals surface area (Å²) in [7, 11) is 0. The van der Waals surface area contributed by atoms with E-state index in [4.69, 9.17) is 4.74 Å². The molecule has 1 N–H and O–H groups in total. The van der Waals surface area contributed by atoms with E-state index in [-0.39, 0.29) is 17.3 Å². The maximum Gasteiger partial charge on any atom is 0.123 e. The lowest BCUT2D eigenvalue weighted by molar-refractivity contribution is 0.102. The summed E-state index contributed by atoms with van der Waals surface area (Å²) < 4.78 is 6.39. The highest BCUT2D eigenvalue weighted by Gasteiger charge is 2.31. The molecule has 3 rings (SSSR count). The van der Waals surface area contributed by atoms with Crippen LogP contribution in [0.2, 0.25) is 0 Å². The van der Waals surface area contributed by atoms with Gasteiger partial charge in [-0.05, 0) is 59.8 Å². The molecule has 0 amide bonds. The van der Waals surface area contributed by atoms with E-state index in [1.54, 1.807) is 0 Å². The zero-order chi connectivity index (χ0) is 23.0. The van der Waals surface area contributed by atoms with Crippen molar-refractivity contribution < 1.29 is 9.84 Å². The van der Waals surface area contributed by atoms with Crippen LogP contribution < -0.4 is 4.74 Å². The molecule has 3 atom stereocenters. The Labute approximate surface area is 194 Å². The smallest absolute Gasteiger partial charge is 0.123 e. The zero-order valence-electron chi connectivity index (χ0n) is 20.0. The normalized spacial score (nSPS) is 21.2. The van der Waals surface area contributed by atoms with Crippen LogP contribution in [0.15, 0.2) is 48.5 Å². The Kier molecular flexibility index (Phi) is 8.76. The van der Waals surface area contributed by atoms with Gasteiger partial charge in [0.2, 0.25) is 0 Å². The van der Waals surface area contributed by atoms with Crippen molar-refractivity contribution in [3.8, 4) is 11.8 Å². The lowest BCUT2D eigenvalue weighted by atomic mass is 9.75. The van der Waals surface area contributed by atoms with Gasteiger partial charge in [-0.2, -0.15) is 5.26 Å². The largest absolute Gasteiger partial charge is 0.489 e. The first kappa shape index (κ1) is 24.3. The molecule has 0 aromatic heterocycles. The van der Waals surface area contributed by atoms with Crippen molar-refractivity contribution in [2.45, 2.75) is 96.2 Å².